The van der Waals surface area contributed by atoms with E-state index < -0.39 is 16.4 Å². The highest BCUT2D eigenvalue weighted by molar-refractivity contribution is 8.06. The van der Waals surface area contributed by atoms with Crippen molar-refractivity contribution in [2.75, 3.05) is 63.5 Å². The number of nitrogens with one attached hydrogen (secondary N) is 1. The Bertz CT molecular complexity index is 1290. The minimum atomic E-state index is -2.01. The van der Waals surface area contributed by atoms with E-state index in [0.29, 0.717) is 43.3 Å². The summed E-state index contributed by atoms with van der Waals surface area (Å²) in [4.78, 5) is 30.5. The zero-order valence-electron chi connectivity index (χ0n) is 23.1. The molecule has 3 aromatic rings. The van der Waals surface area contributed by atoms with Crippen LogP contribution in [0, 0.1) is 13.8 Å². The van der Waals surface area contributed by atoms with Gasteiger partial charge in [-0.15, -0.1) is 0 Å². The molecule has 0 radical (unpaired) electrons. The van der Waals surface area contributed by atoms with Gasteiger partial charge in [0.15, 0.2) is 11.7 Å². The van der Waals surface area contributed by atoms with Crippen LogP contribution in [-0.2, 0) is 20.6 Å². The first kappa shape index (κ1) is 29.4. The average molecular weight is 566 g/mol. The van der Waals surface area contributed by atoms with Crippen LogP contribution in [-0.4, -0.2) is 73.9 Å². The number of hydrogen-bond donors (Lipinski definition) is 1. The molecule has 1 atom stereocenters. The van der Waals surface area contributed by atoms with Crippen molar-refractivity contribution in [1.29, 1.82) is 0 Å². The maximum Gasteiger partial charge on any atom is 0.437 e. The summed E-state index contributed by atoms with van der Waals surface area (Å²) in [5, 5.41) is 1.98. The topological polar surface area (TPSA) is 103 Å². The van der Waals surface area contributed by atoms with Crippen LogP contribution in [0.25, 0.3) is 0 Å². The van der Waals surface area contributed by atoms with Crippen LogP contribution in [0.4, 0.5) is 16.2 Å². The molecular weight excluding hydrogens is 530 g/mol. The molecule has 1 saturated heterocycles. The van der Waals surface area contributed by atoms with Gasteiger partial charge in [0.05, 0.1) is 24.4 Å². The maximum absolute atomic E-state index is 13.4. The second-order valence-corrected chi connectivity index (χ2v) is 10.8. The SMILES string of the molecule is COCCOCOc1ccc(NC(=O)[S+]([O-])c2ccc(C)c(C(=O)N3CCN(c4ccccc4C)CC3)c2)cc1. The standard InChI is InChI=1S/C30H35N3O6S/c1-22-8-13-26(40(36)30(35)31-24-9-11-25(12-10-24)39-21-38-19-18-37-3)20-27(22)29(34)33-16-14-32(15-17-33)28-7-5-4-6-23(28)2/h4-13,20H,14-19,21H2,1-3H3,(H,31,35). The number of ether oxygens (including phenoxy) is 3. The third-order valence-electron chi connectivity index (χ3n) is 6.69. The Kier molecular flexibility index (Phi) is 10.4. The number of methoxy groups -OCH3 is 1. The molecule has 9 nitrogen and oxygen atoms in total. The highest BCUT2D eigenvalue weighted by atomic mass is 32.2. The Morgan fingerprint density at radius 3 is 2.35 bits per heavy atom. The lowest BCUT2D eigenvalue weighted by molar-refractivity contribution is -0.00846. The van der Waals surface area contributed by atoms with E-state index in [0.717, 1.165) is 18.7 Å². The van der Waals surface area contributed by atoms with E-state index in [1.807, 2.05) is 24.0 Å². The van der Waals surface area contributed by atoms with Crippen LogP contribution in [0.1, 0.15) is 21.5 Å². The van der Waals surface area contributed by atoms with Gasteiger partial charge in [-0.1, -0.05) is 24.3 Å². The highest BCUT2D eigenvalue weighted by Gasteiger charge is 2.28. The van der Waals surface area contributed by atoms with Crippen LogP contribution >= 0.6 is 0 Å². The maximum atomic E-state index is 13.4. The lowest BCUT2D eigenvalue weighted by Gasteiger charge is -2.37. The number of nitrogens with zero attached hydrogens (tertiary/aromatic N) is 2. The molecule has 1 N–H and O–H groups in total. The average Bonchev–Trinajstić information content (AvgIpc) is 2.98. The van der Waals surface area contributed by atoms with E-state index in [4.69, 9.17) is 14.2 Å². The first-order chi connectivity index (χ1) is 19.4. The Hall–Kier alpha value is -3.57. The molecule has 3 aromatic carbocycles. The van der Waals surface area contributed by atoms with E-state index in [-0.39, 0.29) is 17.6 Å². The number of benzene rings is 3. The monoisotopic (exact) mass is 565 g/mol. The lowest BCUT2D eigenvalue weighted by Crippen LogP contribution is -2.49. The number of piperazine rings is 1. The second-order valence-electron chi connectivity index (χ2n) is 9.41. The van der Waals surface area contributed by atoms with E-state index in [1.54, 1.807) is 49.6 Å². The van der Waals surface area contributed by atoms with Crippen molar-refractivity contribution >= 4 is 33.7 Å². The van der Waals surface area contributed by atoms with Gasteiger partial charge in [-0.25, -0.2) is 4.79 Å². The largest absolute Gasteiger partial charge is 0.603 e. The van der Waals surface area contributed by atoms with Crippen molar-refractivity contribution < 1.29 is 28.4 Å². The van der Waals surface area contributed by atoms with Gasteiger partial charge >= 0.3 is 5.24 Å². The molecule has 0 saturated carbocycles. The van der Waals surface area contributed by atoms with Gasteiger partial charge in [0.1, 0.15) is 5.75 Å². The van der Waals surface area contributed by atoms with Crippen molar-refractivity contribution in [3.8, 4) is 5.75 Å². The van der Waals surface area contributed by atoms with E-state index in [1.165, 1.54) is 11.3 Å². The van der Waals surface area contributed by atoms with Gasteiger partial charge in [0.25, 0.3) is 5.91 Å². The van der Waals surface area contributed by atoms with Crippen LogP contribution in [0.15, 0.2) is 71.6 Å². The molecule has 10 heteroatoms. The molecule has 0 spiro atoms. The summed E-state index contributed by atoms with van der Waals surface area (Å²) in [6.45, 7) is 7.54. The Morgan fingerprint density at radius 2 is 1.65 bits per heavy atom. The second kappa shape index (κ2) is 14.2. The van der Waals surface area contributed by atoms with Crippen molar-refractivity contribution in [2.45, 2.75) is 18.7 Å². The fourth-order valence-electron chi connectivity index (χ4n) is 4.40. The van der Waals surface area contributed by atoms with Gasteiger partial charge in [-0.2, -0.15) is 0 Å². The molecule has 212 valence electrons. The predicted octanol–water partition coefficient (Wildman–Crippen LogP) is 4.60. The van der Waals surface area contributed by atoms with Crippen molar-refractivity contribution in [2.24, 2.45) is 0 Å². The Balaban J connectivity index is 1.34. The molecule has 40 heavy (non-hydrogen) atoms. The molecule has 1 heterocycles. The van der Waals surface area contributed by atoms with Crippen LogP contribution in [0.5, 0.6) is 5.75 Å². The molecular formula is C30H35N3O6S. The molecule has 4 rings (SSSR count). The number of hydrogen-bond acceptors (Lipinski definition) is 7. The summed E-state index contributed by atoms with van der Waals surface area (Å²) in [5.74, 6) is 0.445. The summed E-state index contributed by atoms with van der Waals surface area (Å²) in [5.41, 5.74) is 4.09. The summed E-state index contributed by atoms with van der Waals surface area (Å²) >= 11 is -2.01. The Labute approximate surface area is 238 Å². The smallest absolute Gasteiger partial charge is 0.437 e. The summed E-state index contributed by atoms with van der Waals surface area (Å²) in [7, 11) is 1.59. The molecule has 1 aliphatic rings. The molecule has 0 aromatic heterocycles. The van der Waals surface area contributed by atoms with Gasteiger partial charge in [-0.3, -0.25) is 10.1 Å². The zero-order valence-corrected chi connectivity index (χ0v) is 23.9. The number of carbonyl (C=O) groups excluding carboxylic acids is 2. The number of para-hydroxylation sites is 1. The number of aryl methyl sites for hydroxylation is 2. The lowest BCUT2D eigenvalue weighted by atomic mass is 10.1. The zero-order chi connectivity index (χ0) is 28.5. The van der Waals surface area contributed by atoms with Gasteiger partial charge < -0.3 is 28.6 Å². The summed E-state index contributed by atoms with van der Waals surface area (Å²) in [6.07, 6.45) is 0. The number of carbonyl (C=O) groups is 2. The molecule has 2 amide bonds. The minimum Gasteiger partial charge on any atom is -0.603 e. The fraction of sp³-hybridized carbons (Fsp3) is 0.333. The molecule has 0 bridgehead atoms. The van der Waals surface area contributed by atoms with Crippen LogP contribution in [0.2, 0.25) is 0 Å². The van der Waals surface area contributed by atoms with E-state index in [2.05, 4.69) is 29.3 Å². The van der Waals surface area contributed by atoms with E-state index in [9.17, 15) is 14.1 Å². The van der Waals surface area contributed by atoms with Gasteiger partial charge in [-0.05, 0) is 61.4 Å². The summed E-state index contributed by atoms with van der Waals surface area (Å²) in [6, 6.07) is 19.8. The van der Waals surface area contributed by atoms with Gasteiger partial charge in [0, 0.05) is 56.3 Å². The predicted molar refractivity (Wildman–Crippen MR) is 156 cm³/mol. The summed E-state index contributed by atoms with van der Waals surface area (Å²) < 4.78 is 28.7. The Morgan fingerprint density at radius 1 is 0.925 bits per heavy atom. The first-order valence-corrected chi connectivity index (χ1v) is 14.2. The minimum absolute atomic E-state index is 0.0793. The first-order valence-electron chi connectivity index (χ1n) is 13.1. The number of amides is 2. The van der Waals surface area contributed by atoms with Crippen LogP contribution in [0.3, 0.4) is 0 Å². The number of anilines is 2. The third-order valence-corrected chi connectivity index (χ3v) is 7.81. The molecule has 0 aliphatic carbocycles. The van der Waals surface area contributed by atoms with Crippen molar-refractivity contribution in [3.63, 3.8) is 0 Å². The molecule has 1 aliphatic heterocycles. The van der Waals surface area contributed by atoms with Crippen LogP contribution < -0.4 is 15.0 Å². The molecule has 1 unspecified atom stereocenters. The number of rotatable bonds is 10. The van der Waals surface area contributed by atoms with Crippen molar-refractivity contribution in [1.82, 2.24) is 4.90 Å². The normalized spacial score (nSPS) is 14.1. The fourth-order valence-corrected chi connectivity index (χ4v) is 5.24. The van der Waals surface area contributed by atoms with Crippen molar-refractivity contribution in [3.05, 3.63) is 83.4 Å². The molecule has 1 fully saturated rings. The third kappa shape index (κ3) is 7.54. The van der Waals surface area contributed by atoms with Gasteiger partial charge in [0.2, 0.25) is 0 Å². The van der Waals surface area contributed by atoms with E-state index >= 15 is 0 Å². The highest BCUT2D eigenvalue weighted by Crippen LogP contribution is 2.24. The quantitative estimate of drug-likeness (QED) is 0.218.